The van der Waals surface area contributed by atoms with Gasteiger partial charge in [-0.3, -0.25) is 4.79 Å². The van der Waals surface area contributed by atoms with E-state index >= 15 is 0 Å². The highest BCUT2D eigenvalue weighted by Gasteiger charge is 2.11. The van der Waals surface area contributed by atoms with Crippen LogP contribution in [0.3, 0.4) is 0 Å². The van der Waals surface area contributed by atoms with Gasteiger partial charge in [0.25, 0.3) is 5.91 Å². The van der Waals surface area contributed by atoms with Crippen LogP contribution in [0.15, 0.2) is 47.5 Å². The van der Waals surface area contributed by atoms with Gasteiger partial charge in [-0.25, -0.2) is 9.89 Å². The van der Waals surface area contributed by atoms with Crippen LogP contribution in [0.2, 0.25) is 0 Å². The lowest BCUT2D eigenvalue weighted by molar-refractivity contribution is 0.0953. The summed E-state index contributed by atoms with van der Waals surface area (Å²) in [5.41, 5.74) is 2.99. The van der Waals surface area contributed by atoms with E-state index in [0.29, 0.717) is 34.3 Å². The number of guanidine groups is 1. The van der Waals surface area contributed by atoms with E-state index in [4.69, 9.17) is 12.2 Å². The summed E-state index contributed by atoms with van der Waals surface area (Å²) in [5, 5.41) is 15.7. The summed E-state index contributed by atoms with van der Waals surface area (Å²) < 4.78 is 1.74. The highest BCUT2D eigenvalue weighted by molar-refractivity contribution is 7.73. The van der Waals surface area contributed by atoms with Gasteiger partial charge in [-0.05, 0) is 68.0 Å². The first-order valence-electron chi connectivity index (χ1n) is 10.1. The lowest BCUT2D eigenvalue weighted by atomic mass is 10.2. The molecule has 9 heteroatoms. The molecule has 3 aromatic rings. The summed E-state index contributed by atoms with van der Waals surface area (Å²) in [7, 11) is 0. The monoisotopic (exact) mass is 452 g/mol. The minimum Gasteiger partial charge on any atom is -0.352 e. The first kappa shape index (κ1) is 22.5. The molecule has 7 nitrogen and oxygen atoms in total. The fourth-order valence-corrected chi connectivity index (χ4v) is 4.02. The molecule has 0 saturated heterocycles. The highest BCUT2D eigenvalue weighted by Crippen LogP contribution is 2.24. The van der Waals surface area contributed by atoms with Crippen LogP contribution < -0.4 is 10.6 Å². The van der Waals surface area contributed by atoms with Gasteiger partial charge in [0.2, 0.25) is 5.96 Å². The van der Waals surface area contributed by atoms with Crippen LogP contribution in [0.5, 0.6) is 0 Å². The molecule has 0 unspecified atom stereocenters. The second-order valence-corrected chi connectivity index (χ2v) is 8.51. The van der Waals surface area contributed by atoms with Crippen LogP contribution >= 0.6 is 23.6 Å². The number of nitrogens with zero attached hydrogens (tertiary/aromatic N) is 3. The van der Waals surface area contributed by atoms with Crippen molar-refractivity contribution in [2.45, 2.75) is 26.7 Å². The Hall–Kier alpha value is -3.22. The molecule has 0 aliphatic heterocycles. The van der Waals surface area contributed by atoms with Crippen molar-refractivity contribution in [1.29, 1.82) is 5.26 Å². The molecule has 2 aromatic carbocycles. The number of aliphatic imine (C=N–C) groups is 1. The van der Waals surface area contributed by atoms with Crippen molar-refractivity contribution in [3.05, 3.63) is 52.0 Å². The first-order valence-corrected chi connectivity index (χ1v) is 11.3. The maximum absolute atomic E-state index is 12.2. The number of benzene rings is 2. The van der Waals surface area contributed by atoms with Gasteiger partial charge in [-0.2, -0.15) is 5.26 Å². The molecule has 0 radical (unpaired) electrons. The predicted octanol–water partition coefficient (Wildman–Crippen LogP) is 5.39. The lowest BCUT2D eigenvalue weighted by Gasteiger charge is -2.17. The minimum absolute atomic E-state index is 0.100. The second kappa shape index (κ2) is 10.7. The molecule has 31 heavy (non-hydrogen) atoms. The number of aromatic amines is 1. The number of anilines is 1. The number of thiazole rings is 1. The van der Waals surface area contributed by atoms with Gasteiger partial charge in [0.05, 0.1) is 15.9 Å². The molecule has 0 fully saturated rings. The molecule has 0 aliphatic carbocycles. The zero-order valence-corrected chi connectivity index (χ0v) is 19.1. The Morgan fingerprint density at radius 1 is 1.26 bits per heavy atom. The van der Waals surface area contributed by atoms with E-state index in [-0.39, 0.29) is 5.91 Å². The van der Waals surface area contributed by atoms with Gasteiger partial charge in [0, 0.05) is 24.3 Å². The Morgan fingerprint density at radius 2 is 2.03 bits per heavy atom. The molecule has 0 saturated carbocycles. The summed E-state index contributed by atoms with van der Waals surface area (Å²) >= 11 is 6.70. The van der Waals surface area contributed by atoms with Crippen LogP contribution in [-0.2, 0) is 0 Å². The summed E-state index contributed by atoms with van der Waals surface area (Å²) in [6.45, 7) is 5.09. The van der Waals surface area contributed by atoms with E-state index < -0.39 is 0 Å². The first-order chi connectivity index (χ1) is 15.0. The molecular weight excluding hydrogens is 428 g/mol. The number of unbranched alkanes of at least 4 members (excludes halogenated alkanes) is 1. The van der Waals surface area contributed by atoms with Crippen LogP contribution in [0.25, 0.3) is 10.2 Å². The number of carbonyl (C=O) groups excluding carboxylic acids is 1. The maximum Gasteiger partial charge on any atom is 0.251 e. The van der Waals surface area contributed by atoms with E-state index in [1.165, 1.54) is 16.2 Å². The van der Waals surface area contributed by atoms with Crippen molar-refractivity contribution in [2.24, 2.45) is 4.99 Å². The predicted molar refractivity (Wildman–Crippen MR) is 129 cm³/mol. The number of nitriles is 1. The minimum atomic E-state index is -0.100. The van der Waals surface area contributed by atoms with Crippen molar-refractivity contribution in [2.75, 3.05) is 18.4 Å². The van der Waals surface area contributed by atoms with Crippen LogP contribution in [-0.4, -0.2) is 34.8 Å². The number of carbonyl (C=O) groups is 1. The van der Waals surface area contributed by atoms with Crippen molar-refractivity contribution in [1.82, 2.24) is 15.2 Å². The molecule has 1 aromatic heterocycles. The SMILES string of the molecule is CCCCNC(=O)c1ccc(N=C(Nc2ccc3[nH]c(=S)sc3c2)N(C#N)CC)cc1. The van der Waals surface area contributed by atoms with Gasteiger partial charge in [0.1, 0.15) is 0 Å². The molecule has 0 spiro atoms. The van der Waals surface area contributed by atoms with E-state index in [2.05, 4.69) is 33.7 Å². The lowest BCUT2D eigenvalue weighted by Crippen LogP contribution is -2.32. The third-order valence-corrected chi connectivity index (χ3v) is 5.75. The average molecular weight is 453 g/mol. The normalized spacial score (nSPS) is 11.2. The molecule has 1 amide bonds. The number of fused-ring (bicyclic) bond motifs is 1. The summed E-state index contributed by atoms with van der Waals surface area (Å²) in [5.74, 6) is 0.306. The Labute approximate surface area is 190 Å². The van der Waals surface area contributed by atoms with E-state index in [1.807, 2.05) is 25.1 Å². The zero-order valence-electron chi connectivity index (χ0n) is 17.4. The maximum atomic E-state index is 12.2. The molecule has 0 bridgehead atoms. The topological polar surface area (TPSA) is 96.3 Å². The van der Waals surface area contributed by atoms with Crippen molar-refractivity contribution in [3.63, 3.8) is 0 Å². The smallest absolute Gasteiger partial charge is 0.251 e. The number of aromatic nitrogens is 1. The zero-order chi connectivity index (χ0) is 22.2. The standard InChI is InChI=1S/C22H24N6OS2/c1-3-5-12-24-20(29)15-6-8-16(9-7-15)25-21(28(4-2)14-23)26-17-10-11-18-19(13-17)31-22(30)27-18/h6-11,13H,3-5,12H2,1-2H3,(H,24,29)(H,25,26)(H,27,30). The third-order valence-electron chi connectivity index (χ3n) is 4.55. The van der Waals surface area contributed by atoms with Gasteiger partial charge in [-0.1, -0.05) is 13.3 Å². The third kappa shape index (κ3) is 5.90. The van der Waals surface area contributed by atoms with Gasteiger partial charge < -0.3 is 15.6 Å². The van der Waals surface area contributed by atoms with Crippen LogP contribution in [0.4, 0.5) is 11.4 Å². The van der Waals surface area contributed by atoms with Crippen LogP contribution in [0, 0.1) is 15.4 Å². The van der Waals surface area contributed by atoms with Crippen molar-refractivity contribution >= 4 is 57.0 Å². The average Bonchev–Trinajstić information content (AvgIpc) is 3.14. The summed E-state index contributed by atoms with van der Waals surface area (Å²) in [6.07, 6.45) is 4.13. The molecule has 0 atom stereocenters. The Balaban J connectivity index is 1.83. The summed E-state index contributed by atoms with van der Waals surface area (Å²) in [4.78, 5) is 21.4. The number of hydrogen-bond acceptors (Lipinski definition) is 5. The Morgan fingerprint density at radius 3 is 2.71 bits per heavy atom. The van der Waals surface area contributed by atoms with Gasteiger partial charge >= 0.3 is 0 Å². The molecule has 0 aliphatic rings. The molecule has 3 N–H and O–H groups in total. The van der Waals surface area contributed by atoms with Crippen LogP contribution in [0.1, 0.15) is 37.0 Å². The van der Waals surface area contributed by atoms with E-state index in [9.17, 15) is 10.1 Å². The van der Waals surface area contributed by atoms with Crippen molar-refractivity contribution < 1.29 is 4.79 Å². The van der Waals surface area contributed by atoms with Gasteiger partial charge in [0.15, 0.2) is 10.1 Å². The largest absolute Gasteiger partial charge is 0.352 e. The quantitative estimate of drug-likeness (QED) is 0.111. The fourth-order valence-electron chi connectivity index (χ4n) is 2.87. The van der Waals surface area contributed by atoms with E-state index in [1.54, 1.807) is 24.3 Å². The van der Waals surface area contributed by atoms with Gasteiger partial charge in [-0.15, -0.1) is 11.3 Å². The van der Waals surface area contributed by atoms with Crippen molar-refractivity contribution in [3.8, 4) is 6.19 Å². The molecule has 1 heterocycles. The second-order valence-electron chi connectivity index (χ2n) is 6.79. The fraction of sp³-hybridized carbons (Fsp3) is 0.273. The molecule has 160 valence electrons. The Bertz CT molecular complexity index is 1170. The number of amides is 1. The number of nitrogens with one attached hydrogen (secondary N) is 3. The Kier molecular flexibility index (Phi) is 7.76. The molecular formula is C22H24N6OS2. The number of hydrogen-bond donors (Lipinski definition) is 3. The number of H-pyrrole nitrogens is 1. The summed E-state index contributed by atoms with van der Waals surface area (Å²) in [6, 6.07) is 12.8. The number of rotatable bonds is 7. The molecule has 3 rings (SSSR count). The highest BCUT2D eigenvalue weighted by atomic mass is 32.1. The van der Waals surface area contributed by atoms with E-state index in [0.717, 1.165) is 28.7 Å².